The van der Waals surface area contributed by atoms with E-state index in [1.165, 1.54) is 24.3 Å². The van der Waals surface area contributed by atoms with Crippen molar-refractivity contribution in [2.45, 2.75) is 0 Å². The SMILES string of the molecule is O=C(Cl)c1ccc(C(=O)Oc2ccccc2)cc1. The van der Waals surface area contributed by atoms with Crippen LogP contribution in [0.4, 0.5) is 0 Å². The summed E-state index contributed by atoms with van der Waals surface area (Å²) in [4.78, 5) is 22.6. The van der Waals surface area contributed by atoms with E-state index in [1.54, 1.807) is 24.3 Å². The molecule has 0 amide bonds. The highest BCUT2D eigenvalue weighted by Gasteiger charge is 2.09. The van der Waals surface area contributed by atoms with Crippen molar-refractivity contribution in [2.24, 2.45) is 0 Å². The van der Waals surface area contributed by atoms with Crippen molar-refractivity contribution in [3.05, 3.63) is 65.7 Å². The Bertz CT molecular complexity index is 561. The van der Waals surface area contributed by atoms with Crippen LogP contribution in [0.15, 0.2) is 54.6 Å². The maximum absolute atomic E-state index is 11.8. The third kappa shape index (κ3) is 2.96. The van der Waals surface area contributed by atoms with Gasteiger partial charge < -0.3 is 4.74 Å². The Morgan fingerprint density at radius 1 is 0.833 bits per heavy atom. The van der Waals surface area contributed by atoms with Gasteiger partial charge in [-0.1, -0.05) is 18.2 Å². The molecule has 2 rings (SSSR count). The highest BCUT2D eigenvalue weighted by Crippen LogP contribution is 2.13. The van der Waals surface area contributed by atoms with Gasteiger partial charge in [-0.2, -0.15) is 0 Å². The fraction of sp³-hybridized carbons (Fsp3) is 0. The Morgan fingerprint density at radius 3 is 1.94 bits per heavy atom. The average Bonchev–Trinajstić information content (AvgIpc) is 2.40. The lowest BCUT2D eigenvalue weighted by Gasteiger charge is -2.04. The van der Waals surface area contributed by atoms with Gasteiger partial charge in [-0.25, -0.2) is 4.79 Å². The van der Waals surface area contributed by atoms with Gasteiger partial charge in [0, 0.05) is 5.56 Å². The molecule has 0 saturated carbocycles. The van der Waals surface area contributed by atoms with E-state index >= 15 is 0 Å². The van der Waals surface area contributed by atoms with Crippen molar-refractivity contribution in [1.29, 1.82) is 0 Å². The summed E-state index contributed by atoms with van der Waals surface area (Å²) in [6, 6.07) is 14.7. The molecule has 0 aliphatic rings. The molecule has 18 heavy (non-hydrogen) atoms. The Kier molecular flexibility index (Phi) is 3.75. The van der Waals surface area contributed by atoms with Crippen LogP contribution in [0.3, 0.4) is 0 Å². The molecule has 0 N–H and O–H groups in total. The number of hydrogen-bond donors (Lipinski definition) is 0. The third-order valence-corrected chi connectivity index (χ3v) is 2.52. The molecule has 0 unspecified atom stereocenters. The number of esters is 1. The van der Waals surface area contributed by atoms with Gasteiger partial charge in [-0.15, -0.1) is 0 Å². The van der Waals surface area contributed by atoms with Crippen LogP contribution in [-0.2, 0) is 0 Å². The molecular formula is C14H9ClO3. The Morgan fingerprint density at radius 2 is 1.39 bits per heavy atom. The molecule has 0 fully saturated rings. The predicted molar refractivity (Wildman–Crippen MR) is 68.0 cm³/mol. The Balaban J connectivity index is 2.12. The monoisotopic (exact) mass is 260 g/mol. The second-order valence-electron chi connectivity index (χ2n) is 3.55. The molecule has 0 saturated heterocycles. The van der Waals surface area contributed by atoms with Gasteiger partial charge >= 0.3 is 5.97 Å². The number of rotatable bonds is 3. The topological polar surface area (TPSA) is 43.4 Å². The zero-order valence-corrected chi connectivity index (χ0v) is 10.1. The third-order valence-electron chi connectivity index (χ3n) is 2.30. The number of benzene rings is 2. The van der Waals surface area contributed by atoms with Gasteiger partial charge in [0.1, 0.15) is 5.75 Å². The van der Waals surface area contributed by atoms with Crippen LogP contribution in [0, 0.1) is 0 Å². The first-order valence-corrected chi connectivity index (χ1v) is 5.62. The summed E-state index contributed by atoms with van der Waals surface area (Å²) in [6.45, 7) is 0. The first-order valence-electron chi connectivity index (χ1n) is 5.24. The van der Waals surface area contributed by atoms with E-state index in [0.717, 1.165) is 0 Å². The number of para-hydroxylation sites is 1. The minimum absolute atomic E-state index is 0.341. The predicted octanol–water partition coefficient (Wildman–Crippen LogP) is 3.28. The molecule has 0 aliphatic carbocycles. The number of carbonyl (C=O) groups excluding carboxylic acids is 2. The molecule has 90 valence electrons. The van der Waals surface area contributed by atoms with E-state index in [1.807, 2.05) is 6.07 Å². The molecule has 2 aromatic carbocycles. The standard InChI is InChI=1S/C14H9ClO3/c15-13(16)10-6-8-11(9-7-10)14(17)18-12-4-2-1-3-5-12/h1-9H. The van der Waals surface area contributed by atoms with Gasteiger partial charge in [0.05, 0.1) is 5.56 Å². The Labute approximate surface area is 109 Å². The highest BCUT2D eigenvalue weighted by molar-refractivity contribution is 6.67. The lowest BCUT2D eigenvalue weighted by atomic mass is 10.1. The summed E-state index contributed by atoms with van der Waals surface area (Å²) < 4.78 is 5.14. The van der Waals surface area contributed by atoms with E-state index in [0.29, 0.717) is 16.9 Å². The zero-order chi connectivity index (χ0) is 13.0. The molecule has 0 aliphatic heterocycles. The Hall–Kier alpha value is -2.13. The van der Waals surface area contributed by atoms with Crippen molar-refractivity contribution in [3.63, 3.8) is 0 Å². The van der Waals surface area contributed by atoms with Gasteiger partial charge in [0.2, 0.25) is 0 Å². The molecule has 2 aromatic rings. The molecule has 3 nitrogen and oxygen atoms in total. The van der Waals surface area contributed by atoms with E-state index in [2.05, 4.69) is 0 Å². The number of halogens is 1. The molecule has 4 heteroatoms. The number of ether oxygens (including phenoxy) is 1. The van der Waals surface area contributed by atoms with Crippen molar-refractivity contribution < 1.29 is 14.3 Å². The minimum atomic E-state index is -0.557. The van der Waals surface area contributed by atoms with Gasteiger partial charge in [-0.3, -0.25) is 4.79 Å². The molecule has 0 radical (unpaired) electrons. The smallest absolute Gasteiger partial charge is 0.343 e. The molecule has 0 heterocycles. The van der Waals surface area contributed by atoms with E-state index in [-0.39, 0.29) is 0 Å². The minimum Gasteiger partial charge on any atom is -0.423 e. The van der Waals surface area contributed by atoms with Crippen LogP contribution in [0.2, 0.25) is 0 Å². The van der Waals surface area contributed by atoms with E-state index in [4.69, 9.17) is 16.3 Å². The second kappa shape index (κ2) is 5.47. The van der Waals surface area contributed by atoms with Crippen LogP contribution < -0.4 is 4.74 Å². The van der Waals surface area contributed by atoms with Crippen LogP contribution in [0.25, 0.3) is 0 Å². The maximum atomic E-state index is 11.8. The number of carbonyl (C=O) groups is 2. The number of hydrogen-bond acceptors (Lipinski definition) is 3. The van der Waals surface area contributed by atoms with Gasteiger partial charge in [-0.05, 0) is 48.0 Å². The van der Waals surface area contributed by atoms with Crippen molar-refractivity contribution in [2.75, 3.05) is 0 Å². The summed E-state index contributed by atoms with van der Waals surface area (Å²) in [6.07, 6.45) is 0. The van der Waals surface area contributed by atoms with Crippen LogP contribution >= 0.6 is 11.6 Å². The van der Waals surface area contributed by atoms with Crippen LogP contribution in [0.5, 0.6) is 5.75 Å². The molecule has 0 atom stereocenters. The van der Waals surface area contributed by atoms with Gasteiger partial charge in [0.15, 0.2) is 0 Å². The molecule has 0 aromatic heterocycles. The fourth-order valence-electron chi connectivity index (χ4n) is 1.39. The zero-order valence-electron chi connectivity index (χ0n) is 9.30. The van der Waals surface area contributed by atoms with Crippen molar-refractivity contribution >= 4 is 22.8 Å². The summed E-state index contributed by atoms with van der Waals surface area (Å²) in [5.41, 5.74) is 0.702. The lowest BCUT2D eigenvalue weighted by molar-refractivity contribution is 0.0734. The maximum Gasteiger partial charge on any atom is 0.343 e. The quantitative estimate of drug-likeness (QED) is 0.483. The first kappa shape index (κ1) is 12.3. The van der Waals surface area contributed by atoms with Crippen LogP contribution in [-0.4, -0.2) is 11.2 Å². The summed E-state index contributed by atoms with van der Waals surface area (Å²) in [5.74, 6) is -0.00484. The van der Waals surface area contributed by atoms with Gasteiger partial charge in [0.25, 0.3) is 5.24 Å². The van der Waals surface area contributed by atoms with Crippen molar-refractivity contribution in [1.82, 2.24) is 0 Å². The van der Waals surface area contributed by atoms with E-state index in [9.17, 15) is 9.59 Å². The lowest BCUT2D eigenvalue weighted by Crippen LogP contribution is -2.08. The summed E-state index contributed by atoms with van der Waals surface area (Å²) >= 11 is 5.31. The second-order valence-corrected chi connectivity index (χ2v) is 3.90. The first-order chi connectivity index (χ1) is 8.66. The average molecular weight is 261 g/mol. The molecular weight excluding hydrogens is 252 g/mol. The van der Waals surface area contributed by atoms with E-state index < -0.39 is 11.2 Å². The summed E-state index contributed by atoms with van der Waals surface area (Å²) in [7, 11) is 0. The fourth-order valence-corrected chi connectivity index (χ4v) is 1.52. The molecule has 0 bridgehead atoms. The highest BCUT2D eigenvalue weighted by atomic mass is 35.5. The van der Waals surface area contributed by atoms with Crippen LogP contribution in [0.1, 0.15) is 20.7 Å². The normalized spacial score (nSPS) is 9.83. The van der Waals surface area contributed by atoms with Crippen molar-refractivity contribution in [3.8, 4) is 5.75 Å². The molecule has 0 spiro atoms. The largest absolute Gasteiger partial charge is 0.423 e. The summed E-state index contributed by atoms with van der Waals surface area (Å²) in [5, 5.41) is -0.557.